The van der Waals surface area contributed by atoms with Crippen molar-refractivity contribution in [2.75, 3.05) is 0 Å². The topological polar surface area (TPSA) is 92.8 Å². The summed E-state index contributed by atoms with van der Waals surface area (Å²) in [5.74, 6) is 1.65. The summed E-state index contributed by atoms with van der Waals surface area (Å²) in [4.78, 5) is 18.8. The summed E-state index contributed by atoms with van der Waals surface area (Å²) < 4.78 is 7.41. The second-order valence-corrected chi connectivity index (χ2v) is 9.76. The Kier molecular flexibility index (Phi) is 7.08. The number of nitrogens with zero attached hydrogens (tertiary/aromatic N) is 5. The fourth-order valence-corrected chi connectivity index (χ4v) is 5.41. The highest BCUT2D eigenvalue weighted by molar-refractivity contribution is 5.79. The Labute approximate surface area is 205 Å². The van der Waals surface area contributed by atoms with Crippen LogP contribution in [0.25, 0.3) is 10.9 Å². The van der Waals surface area contributed by atoms with E-state index in [9.17, 15) is 4.79 Å². The van der Waals surface area contributed by atoms with Crippen LogP contribution >= 0.6 is 0 Å². The van der Waals surface area contributed by atoms with E-state index < -0.39 is 0 Å². The standard InChI is InChI=1S/C27H34N6O2/c1-3-8-25(26-29-30-31-33(26)18-23-11-7-14-35-23)32(22-9-5-4-6-10-22)17-21-16-20-13-12-19(2)15-24(20)28-27(21)34/h7,11-16,22,25H,3-6,8-10,17-18H2,1-2H3,(H,28,34)/t25-/m0/s1. The lowest BCUT2D eigenvalue weighted by Crippen LogP contribution is -2.41. The van der Waals surface area contributed by atoms with Crippen LogP contribution in [0.3, 0.4) is 0 Å². The Balaban J connectivity index is 1.52. The number of aromatic nitrogens is 5. The van der Waals surface area contributed by atoms with Gasteiger partial charge in [-0.15, -0.1) is 5.10 Å². The Morgan fingerprint density at radius 1 is 1.20 bits per heavy atom. The zero-order valence-corrected chi connectivity index (χ0v) is 20.6. The zero-order chi connectivity index (χ0) is 24.2. The van der Waals surface area contributed by atoms with Gasteiger partial charge in [-0.3, -0.25) is 9.69 Å². The van der Waals surface area contributed by atoms with Gasteiger partial charge >= 0.3 is 0 Å². The summed E-state index contributed by atoms with van der Waals surface area (Å²) in [6, 6.07) is 12.5. The molecule has 1 aromatic carbocycles. The molecule has 0 spiro atoms. The maximum Gasteiger partial charge on any atom is 0.252 e. The second kappa shape index (κ2) is 10.6. The summed E-state index contributed by atoms with van der Waals surface area (Å²) in [6.45, 7) is 5.29. The van der Waals surface area contributed by atoms with Crippen LogP contribution in [0.4, 0.5) is 0 Å². The van der Waals surface area contributed by atoms with Gasteiger partial charge in [0.15, 0.2) is 5.82 Å². The third-order valence-electron chi connectivity index (χ3n) is 7.18. The predicted octanol–water partition coefficient (Wildman–Crippen LogP) is 5.14. The van der Waals surface area contributed by atoms with Crippen LogP contribution in [0.5, 0.6) is 0 Å². The Bertz CT molecular complexity index is 1300. The average Bonchev–Trinajstić information content (AvgIpc) is 3.55. The zero-order valence-electron chi connectivity index (χ0n) is 20.6. The molecule has 1 aliphatic rings. The van der Waals surface area contributed by atoms with E-state index >= 15 is 0 Å². The van der Waals surface area contributed by atoms with Crippen molar-refractivity contribution in [1.82, 2.24) is 30.1 Å². The summed E-state index contributed by atoms with van der Waals surface area (Å²) in [5.41, 5.74) is 2.79. The van der Waals surface area contributed by atoms with Crippen LogP contribution in [0.2, 0.25) is 0 Å². The Morgan fingerprint density at radius 2 is 2.06 bits per heavy atom. The molecule has 5 rings (SSSR count). The van der Waals surface area contributed by atoms with Crippen LogP contribution in [0.15, 0.2) is 51.9 Å². The molecule has 0 unspecified atom stereocenters. The fourth-order valence-electron chi connectivity index (χ4n) is 5.41. The molecule has 0 radical (unpaired) electrons. The normalized spacial score (nSPS) is 15.7. The van der Waals surface area contributed by atoms with Gasteiger partial charge in [-0.05, 0) is 71.8 Å². The van der Waals surface area contributed by atoms with E-state index in [4.69, 9.17) is 4.42 Å². The van der Waals surface area contributed by atoms with Gasteiger partial charge in [0.05, 0.1) is 12.3 Å². The number of nitrogens with one attached hydrogen (secondary N) is 1. The van der Waals surface area contributed by atoms with Gasteiger partial charge in [0.25, 0.3) is 5.56 Å². The van der Waals surface area contributed by atoms with E-state index in [1.54, 1.807) is 6.26 Å². The minimum Gasteiger partial charge on any atom is -0.467 e. The molecule has 1 atom stereocenters. The number of fused-ring (bicyclic) bond motifs is 1. The van der Waals surface area contributed by atoms with E-state index in [-0.39, 0.29) is 11.6 Å². The molecule has 1 fully saturated rings. The molecule has 1 saturated carbocycles. The molecule has 8 heteroatoms. The quantitative estimate of drug-likeness (QED) is 0.361. The first-order valence-corrected chi connectivity index (χ1v) is 12.8. The predicted molar refractivity (Wildman–Crippen MR) is 135 cm³/mol. The van der Waals surface area contributed by atoms with Gasteiger partial charge in [-0.25, -0.2) is 4.68 Å². The molecule has 184 valence electrons. The highest BCUT2D eigenvalue weighted by atomic mass is 16.3. The Hall–Kier alpha value is -3.26. The first-order valence-electron chi connectivity index (χ1n) is 12.8. The van der Waals surface area contributed by atoms with Gasteiger partial charge < -0.3 is 9.40 Å². The van der Waals surface area contributed by atoms with Crippen molar-refractivity contribution >= 4 is 10.9 Å². The van der Waals surface area contributed by atoms with Crippen LogP contribution in [-0.2, 0) is 13.1 Å². The molecule has 0 bridgehead atoms. The SMILES string of the molecule is CCC[C@@H](c1nnnn1Cc1ccco1)N(Cc1cc2ccc(C)cc2[nH]c1=O)C1CCCCC1. The summed E-state index contributed by atoms with van der Waals surface area (Å²) in [5, 5.41) is 13.9. The lowest BCUT2D eigenvalue weighted by Gasteiger charge is -2.39. The fraction of sp³-hybridized carbons (Fsp3) is 0.481. The number of aryl methyl sites for hydroxylation is 1. The highest BCUT2D eigenvalue weighted by Gasteiger charge is 2.32. The first-order chi connectivity index (χ1) is 17.1. The molecule has 3 heterocycles. The van der Waals surface area contributed by atoms with Crippen molar-refractivity contribution in [1.29, 1.82) is 0 Å². The van der Waals surface area contributed by atoms with Crippen molar-refractivity contribution in [3.05, 3.63) is 75.7 Å². The average molecular weight is 475 g/mol. The smallest absolute Gasteiger partial charge is 0.252 e. The number of hydrogen-bond acceptors (Lipinski definition) is 6. The largest absolute Gasteiger partial charge is 0.467 e. The number of pyridine rings is 1. The van der Waals surface area contributed by atoms with Crippen molar-refractivity contribution in [2.45, 2.75) is 84.0 Å². The lowest BCUT2D eigenvalue weighted by atomic mass is 9.91. The summed E-state index contributed by atoms with van der Waals surface area (Å²) >= 11 is 0. The maximum atomic E-state index is 13.2. The van der Waals surface area contributed by atoms with E-state index in [0.717, 1.165) is 59.3 Å². The number of H-pyrrole nitrogens is 1. The van der Waals surface area contributed by atoms with Gasteiger partial charge in [-0.1, -0.05) is 44.7 Å². The molecule has 1 aliphatic carbocycles. The molecule has 8 nitrogen and oxygen atoms in total. The number of aromatic amines is 1. The number of rotatable bonds is 9. The van der Waals surface area contributed by atoms with Crippen LogP contribution in [-0.4, -0.2) is 36.1 Å². The highest BCUT2D eigenvalue weighted by Crippen LogP contribution is 2.34. The molecule has 3 aromatic heterocycles. The summed E-state index contributed by atoms with van der Waals surface area (Å²) in [7, 11) is 0. The Morgan fingerprint density at radius 3 is 2.83 bits per heavy atom. The van der Waals surface area contributed by atoms with E-state index in [1.807, 2.05) is 29.8 Å². The number of furan rings is 1. The molecule has 1 N–H and O–H groups in total. The molecule has 0 saturated heterocycles. The van der Waals surface area contributed by atoms with Crippen molar-refractivity contribution in [3.8, 4) is 0 Å². The molecular formula is C27H34N6O2. The van der Waals surface area contributed by atoms with Crippen molar-refractivity contribution in [3.63, 3.8) is 0 Å². The van der Waals surface area contributed by atoms with Gasteiger partial charge in [0, 0.05) is 23.7 Å². The molecule has 35 heavy (non-hydrogen) atoms. The van der Waals surface area contributed by atoms with Crippen molar-refractivity contribution < 1.29 is 4.42 Å². The summed E-state index contributed by atoms with van der Waals surface area (Å²) in [6.07, 6.45) is 9.54. The van der Waals surface area contributed by atoms with Gasteiger partial charge in [-0.2, -0.15) is 0 Å². The minimum atomic E-state index is -0.0191. The van der Waals surface area contributed by atoms with E-state index in [2.05, 4.69) is 50.5 Å². The number of hydrogen-bond donors (Lipinski definition) is 1. The van der Waals surface area contributed by atoms with Gasteiger partial charge in [0.2, 0.25) is 0 Å². The van der Waals surface area contributed by atoms with Crippen LogP contribution in [0, 0.1) is 6.92 Å². The first kappa shape index (κ1) is 23.5. The third-order valence-corrected chi connectivity index (χ3v) is 7.18. The minimum absolute atomic E-state index is 0.0150. The molecule has 0 amide bonds. The van der Waals surface area contributed by atoms with E-state index in [0.29, 0.717) is 19.1 Å². The lowest BCUT2D eigenvalue weighted by molar-refractivity contribution is 0.0811. The van der Waals surface area contributed by atoms with Crippen LogP contribution in [0.1, 0.15) is 80.6 Å². The number of benzene rings is 1. The van der Waals surface area contributed by atoms with Gasteiger partial charge in [0.1, 0.15) is 12.3 Å². The third kappa shape index (κ3) is 5.22. The van der Waals surface area contributed by atoms with Crippen molar-refractivity contribution in [2.24, 2.45) is 0 Å². The van der Waals surface area contributed by atoms with Crippen LogP contribution < -0.4 is 5.56 Å². The monoisotopic (exact) mass is 474 g/mol. The number of tetrazole rings is 1. The maximum absolute atomic E-state index is 13.2. The molecular weight excluding hydrogens is 440 g/mol. The molecule has 0 aliphatic heterocycles. The van der Waals surface area contributed by atoms with E-state index in [1.165, 1.54) is 19.3 Å². The second-order valence-electron chi connectivity index (χ2n) is 9.76. The molecule has 4 aromatic rings.